The molecule has 61 heavy (non-hydrogen) atoms. The van der Waals surface area contributed by atoms with Gasteiger partial charge in [0.1, 0.15) is 0 Å². The van der Waals surface area contributed by atoms with E-state index in [-0.39, 0.29) is 14.7 Å². The second-order valence-electron chi connectivity index (χ2n) is 14.4. The van der Waals surface area contributed by atoms with Gasteiger partial charge in [0.2, 0.25) is 0 Å². The second kappa shape index (κ2) is 14.7. The molecule has 0 saturated heterocycles. The number of rotatable bonds is 7. The van der Waals surface area contributed by atoms with Crippen molar-refractivity contribution in [3.63, 3.8) is 0 Å². The largest absolute Gasteiger partial charge is 0.354 e. The summed E-state index contributed by atoms with van der Waals surface area (Å²) >= 11 is 0. The Morgan fingerprint density at radius 3 is 0.820 bits per heavy atom. The van der Waals surface area contributed by atoms with E-state index < -0.39 is 30.4 Å². The quantitative estimate of drug-likeness (QED) is 0.0950. The van der Waals surface area contributed by atoms with Crippen molar-refractivity contribution >= 4 is 76.7 Å². The van der Waals surface area contributed by atoms with Gasteiger partial charge in [-0.3, -0.25) is 13.7 Å². The minimum atomic E-state index is -4.51. The summed E-state index contributed by atoms with van der Waals surface area (Å²) in [6.45, 7) is 1.99. The third-order valence-corrected chi connectivity index (χ3v) is 13.0. The third kappa shape index (κ3) is 7.63. The highest BCUT2D eigenvalue weighted by atomic mass is 32.2. The summed E-state index contributed by atoms with van der Waals surface area (Å²) < 4.78 is 101. The molecule has 304 valence electrons. The molecule has 0 amide bonds. The number of aryl methyl sites for hydroxylation is 1. The fourth-order valence-electron chi connectivity index (χ4n) is 7.52. The van der Waals surface area contributed by atoms with Crippen LogP contribution in [0.25, 0.3) is 90.9 Å². The molecule has 0 saturated carbocycles. The highest BCUT2D eigenvalue weighted by molar-refractivity contribution is 7.86. The van der Waals surface area contributed by atoms with E-state index >= 15 is 0 Å². The fraction of sp³-hybridized carbons (Fsp3) is 0.0222. The highest BCUT2D eigenvalue weighted by Crippen LogP contribution is 2.39. The Morgan fingerprint density at radius 2 is 0.590 bits per heavy atom. The molecule has 7 aromatic rings. The summed E-state index contributed by atoms with van der Waals surface area (Å²) in [6.07, 6.45) is 7.34. The van der Waals surface area contributed by atoms with Crippen LogP contribution in [0.2, 0.25) is 0 Å². The van der Waals surface area contributed by atoms with Crippen molar-refractivity contribution < 1.29 is 38.9 Å². The maximum absolute atomic E-state index is 12.0. The summed E-state index contributed by atoms with van der Waals surface area (Å²) in [5.41, 5.74) is 10.7. The number of H-pyrrole nitrogens is 2. The van der Waals surface area contributed by atoms with Gasteiger partial charge in [0.15, 0.2) is 0 Å². The van der Waals surface area contributed by atoms with Crippen LogP contribution in [-0.2, 0) is 30.4 Å². The van der Waals surface area contributed by atoms with E-state index in [0.717, 1.165) is 16.7 Å². The van der Waals surface area contributed by atoms with E-state index in [1.807, 2.05) is 67.6 Å². The van der Waals surface area contributed by atoms with Crippen molar-refractivity contribution in [2.45, 2.75) is 21.6 Å². The smallest absolute Gasteiger partial charge is 0.294 e. The summed E-state index contributed by atoms with van der Waals surface area (Å²) in [5.74, 6) is 0. The first-order chi connectivity index (χ1) is 29.0. The van der Waals surface area contributed by atoms with Crippen LogP contribution in [0.15, 0.2) is 136 Å². The molecular weight excluding hydrogens is 837 g/mol. The van der Waals surface area contributed by atoms with Crippen LogP contribution in [0.5, 0.6) is 0 Å². The lowest BCUT2D eigenvalue weighted by molar-refractivity contribution is 0.481. The minimum Gasteiger partial charge on any atom is -0.354 e. The standard InChI is InChI=1S/C45H32N4O9S3/c1-26-2-4-27(5-3-26)42-34-18-20-36(46-34)43(28-6-12-31(13-7-28)59(50,51)52)38-22-24-40(48-38)45(30-10-16-33(17-11-30)61(56,57)58)41-25-23-39(49-41)44(37-21-19-35(42)47-37)29-8-14-32(15-9-29)60(53,54)55/h2-25,46,49H,1H3,(H,50,51,52)(H,53,54,55)(H,56,57,58). The Morgan fingerprint density at radius 1 is 0.361 bits per heavy atom. The third-order valence-electron chi connectivity index (χ3n) is 10.4. The van der Waals surface area contributed by atoms with E-state index in [1.165, 1.54) is 36.4 Å². The Hall–Kier alpha value is -6.79. The van der Waals surface area contributed by atoms with Gasteiger partial charge in [-0.15, -0.1) is 0 Å². The topological polar surface area (TPSA) is 220 Å². The number of fused-ring (bicyclic) bond motifs is 8. The number of hydrogen-bond acceptors (Lipinski definition) is 8. The van der Waals surface area contributed by atoms with E-state index in [2.05, 4.69) is 9.97 Å². The zero-order chi connectivity index (χ0) is 42.8. The van der Waals surface area contributed by atoms with Crippen molar-refractivity contribution in [1.82, 2.24) is 19.9 Å². The molecule has 0 spiro atoms. The molecule has 0 radical (unpaired) electrons. The summed E-state index contributed by atoms with van der Waals surface area (Å²) in [5, 5.41) is 0. The SMILES string of the molecule is Cc1ccc(-c2c3nc(c(-c4ccc(S(=O)(=O)O)cc4)c4ccc([nH]4)c(-c4ccc(S(=O)(=O)O)cc4)c4nc(c(-c5ccc(S(=O)(=O)O)cc5)c5ccc2[nH]5)C=C4)C=C3)cc1. The molecule has 5 heterocycles. The van der Waals surface area contributed by atoms with Gasteiger partial charge < -0.3 is 9.97 Å². The molecule has 0 aliphatic carbocycles. The second-order valence-corrected chi connectivity index (χ2v) is 18.6. The van der Waals surface area contributed by atoms with E-state index in [4.69, 9.17) is 9.97 Å². The first-order valence-electron chi connectivity index (χ1n) is 18.5. The van der Waals surface area contributed by atoms with Gasteiger partial charge in [-0.05, 0) is 114 Å². The molecule has 9 rings (SSSR count). The predicted molar refractivity (Wildman–Crippen MR) is 235 cm³/mol. The molecule has 5 N–H and O–H groups in total. The van der Waals surface area contributed by atoms with Gasteiger partial charge in [0.05, 0.1) is 37.5 Å². The number of benzene rings is 4. The van der Waals surface area contributed by atoms with Gasteiger partial charge >= 0.3 is 0 Å². The Balaban J connectivity index is 1.44. The molecule has 13 nitrogen and oxygen atoms in total. The van der Waals surface area contributed by atoms with Crippen LogP contribution in [0, 0.1) is 6.92 Å². The Kier molecular flexibility index (Phi) is 9.58. The normalized spacial score (nSPS) is 12.9. The molecule has 0 unspecified atom stereocenters. The van der Waals surface area contributed by atoms with Gasteiger partial charge in [0, 0.05) is 44.3 Å². The predicted octanol–water partition coefficient (Wildman–Crippen LogP) is 9.37. The molecule has 2 aliphatic rings. The van der Waals surface area contributed by atoms with Gasteiger partial charge in [0.25, 0.3) is 30.4 Å². The highest BCUT2D eigenvalue weighted by Gasteiger charge is 2.21. The van der Waals surface area contributed by atoms with Crippen LogP contribution in [0.1, 0.15) is 28.3 Å². The van der Waals surface area contributed by atoms with Crippen molar-refractivity contribution in [2.24, 2.45) is 0 Å². The number of nitrogens with one attached hydrogen (secondary N) is 2. The monoisotopic (exact) mass is 868 g/mol. The van der Waals surface area contributed by atoms with E-state index in [1.54, 1.807) is 48.6 Å². The molecule has 2 aliphatic heterocycles. The van der Waals surface area contributed by atoms with Crippen molar-refractivity contribution in [3.05, 3.63) is 150 Å². The van der Waals surface area contributed by atoms with Crippen molar-refractivity contribution in [3.8, 4) is 44.5 Å². The maximum Gasteiger partial charge on any atom is 0.294 e. The van der Waals surface area contributed by atoms with Gasteiger partial charge in [-0.25, -0.2) is 9.97 Å². The minimum absolute atomic E-state index is 0.279. The van der Waals surface area contributed by atoms with Crippen molar-refractivity contribution in [2.75, 3.05) is 0 Å². The number of hydrogen-bond donors (Lipinski definition) is 5. The molecule has 4 aromatic carbocycles. The molecule has 16 heteroatoms. The Labute approximate surface area is 349 Å². The summed E-state index contributed by atoms with van der Waals surface area (Å²) in [4.78, 5) is 16.5. The molecular formula is C45H32N4O9S3. The van der Waals surface area contributed by atoms with Gasteiger partial charge in [-0.1, -0.05) is 66.2 Å². The number of aromatic amines is 2. The van der Waals surface area contributed by atoms with Crippen LogP contribution >= 0.6 is 0 Å². The lowest BCUT2D eigenvalue weighted by atomic mass is 10.0. The lowest BCUT2D eigenvalue weighted by Crippen LogP contribution is -1.97. The molecule has 8 bridgehead atoms. The first-order valence-corrected chi connectivity index (χ1v) is 22.8. The fourth-order valence-corrected chi connectivity index (χ4v) is 8.96. The average Bonchev–Trinajstić information content (AvgIpc) is 4.06. The number of nitrogens with zero attached hydrogens (tertiary/aromatic N) is 2. The summed E-state index contributed by atoms with van der Waals surface area (Å²) in [6, 6.07) is 32.7. The van der Waals surface area contributed by atoms with Crippen LogP contribution in [0.3, 0.4) is 0 Å². The zero-order valence-electron chi connectivity index (χ0n) is 31.8. The molecule has 3 aromatic heterocycles. The van der Waals surface area contributed by atoms with E-state index in [9.17, 15) is 38.9 Å². The summed E-state index contributed by atoms with van der Waals surface area (Å²) in [7, 11) is -13.5. The number of aromatic nitrogens is 4. The van der Waals surface area contributed by atoms with Crippen LogP contribution in [0.4, 0.5) is 0 Å². The molecule has 0 fully saturated rings. The first kappa shape index (κ1) is 39.7. The zero-order valence-corrected chi connectivity index (χ0v) is 34.2. The Bertz CT molecular complexity index is 3450. The van der Waals surface area contributed by atoms with Gasteiger partial charge in [-0.2, -0.15) is 25.3 Å². The molecule has 0 atom stereocenters. The average molecular weight is 869 g/mol. The van der Waals surface area contributed by atoms with Crippen molar-refractivity contribution in [1.29, 1.82) is 0 Å². The van der Waals surface area contributed by atoms with Crippen LogP contribution < -0.4 is 0 Å². The maximum atomic E-state index is 12.0. The van der Waals surface area contributed by atoms with Crippen LogP contribution in [-0.4, -0.2) is 58.8 Å². The lowest BCUT2D eigenvalue weighted by Gasteiger charge is -2.08. The van der Waals surface area contributed by atoms with E-state index in [0.29, 0.717) is 78.2 Å².